The van der Waals surface area contributed by atoms with E-state index < -0.39 is 29.6 Å². The number of aromatic nitrogens is 1. The summed E-state index contributed by atoms with van der Waals surface area (Å²) < 4.78 is 10.4. The second-order valence-corrected chi connectivity index (χ2v) is 7.10. The van der Waals surface area contributed by atoms with Crippen LogP contribution in [0.15, 0.2) is 36.5 Å². The fraction of sp³-hybridized carbons (Fsp3) is 0.300. The number of nitrogens with one attached hydrogen (secondary N) is 1. The van der Waals surface area contributed by atoms with Gasteiger partial charge in [-0.25, -0.2) is 4.79 Å². The van der Waals surface area contributed by atoms with E-state index in [-0.39, 0.29) is 17.0 Å². The molecule has 1 N–H and O–H groups in total. The van der Waals surface area contributed by atoms with Gasteiger partial charge in [0.15, 0.2) is 11.7 Å². The van der Waals surface area contributed by atoms with E-state index in [0.29, 0.717) is 11.3 Å². The van der Waals surface area contributed by atoms with Crippen molar-refractivity contribution in [3.63, 3.8) is 0 Å². The molecule has 0 spiro atoms. The van der Waals surface area contributed by atoms with Crippen LogP contribution >= 0.6 is 11.6 Å². The minimum Gasteiger partial charge on any atom is -0.455 e. The second kappa shape index (κ2) is 7.98. The molecule has 0 saturated carbocycles. The summed E-state index contributed by atoms with van der Waals surface area (Å²) in [6, 6.07) is 7.26. The molecule has 2 heterocycles. The van der Waals surface area contributed by atoms with Crippen molar-refractivity contribution in [1.29, 1.82) is 0 Å². The third-order valence-electron chi connectivity index (χ3n) is 4.22. The number of esters is 2. The number of pyridine rings is 1. The lowest BCUT2D eigenvalue weighted by Crippen LogP contribution is -2.33. The van der Waals surface area contributed by atoms with E-state index in [1.807, 2.05) is 6.92 Å². The lowest BCUT2D eigenvalue weighted by atomic mass is 10.00. The van der Waals surface area contributed by atoms with Crippen molar-refractivity contribution in [2.45, 2.75) is 38.5 Å². The van der Waals surface area contributed by atoms with Gasteiger partial charge in [-0.2, -0.15) is 0 Å². The molecule has 7 nitrogen and oxygen atoms in total. The molecule has 2 aromatic rings. The summed E-state index contributed by atoms with van der Waals surface area (Å²) in [6.45, 7) is 4.68. The van der Waals surface area contributed by atoms with Crippen LogP contribution < -0.4 is 5.32 Å². The van der Waals surface area contributed by atoms with E-state index >= 15 is 0 Å². The third-order valence-corrected chi connectivity index (χ3v) is 4.31. The molecule has 1 aromatic heterocycles. The Labute approximate surface area is 167 Å². The zero-order chi connectivity index (χ0) is 20.4. The van der Waals surface area contributed by atoms with Gasteiger partial charge in [-0.3, -0.25) is 14.6 Å². The lowest BCUT2D eigenvalue weighted by Gasteiger charge is -2.18. The van der Waals surface area contributed by atoms with Gasteiger partial charge in [0.2, 0.25) is 5.78 Å². The molecule has 1 aliphatic heterocycles. The average Bonchev–Trinajstić information content (AvgIpc) is 2.98. The summed E-state index contributed by atoms with van der Waals surface area (Å²) in [4.78, 5) is 40.8. The van der Waals surface area contributed by atoms with Crippen LogP contribution in [-0.2, 0) is 14.3 Å². The van der Waals surface area contributed by atoms with Crippen LogP contribution in [0.5, 0.6) is 0 Å². The standard InChI is InChI=1S/C20H19ClN2O5/c1-10-4-7-15(22-9-10)18(25)17-19(28-12(3)24)14-6-5-13(8-16(14)23-17)20(26)27-11(2)21/h4-9,11,17,19,23H,1-3H3. The Morgan fingerprint density at radius 1 is 1.21 bits per heavy atom. The Hall–Kier alpha value is -2.93. The Morgan fingerprint density at radius 3 is 2.57 bits per heavy atom. The van der Waals surface area contributed by atoms with Crippen molar-refractivity contribution in [2.24, 2.45) is 0 Å². The predicted molar refractivity (Wildman–Crippen MR) is 102 cm³/mol. The average molecular weight is 403 g/mol. The van der Waals surface area contributed by atoms with Gasteiger partial charge < -0.3 is 14.8 Å². The number of carbonyl (C=O) groups excluding carboxylic acids is 3. The van der Waals surface area contributed by atoms with E-state index in [4.69, 9.17) is 21.1 Å². The second-order valence-electron chi connectivity index (χ2n) is 6.49. The number of anilines is 1. The molecule has 28 heavy (non-hydrogen) atoms. The fourth-order valence-electron chi connectivity index (χ4n) is 2.98. The summed E-state index contributed by atoms with van der Waals surface area (Å²) >= 11 is 5.70. The number of benzene rings is 1. The number of rotatable bonds is 5. The molecule has 0 bridgehead atoms. The number of hydrogen-bond donors (Lipinski definition) is 1. The number of ketones is 1. The number of halogens is 1. The van der Waals surface area contributed by atoms with Crippen LogP contribution in [0.4, 0.5) is 5.69 Å². The highest BCUT2D eigenvalue weighted by atomic mass is 35.5. The maximum atomic E-state index is 13.0. The van der Waals surface area contributed by atoms with Gasteiger partial charge in [0.25, 0.3) is 0 Å². The summed E-state index contributed by atoms with van der Waals surface area (Å²) in [5.41, 5.74) is 1.77. The van der Waals surface area contributed by atoms with E-state index in [1.54, 1.807) is 30.5 Å². The first-order valence-corrected chi connectivity index (χ1v) is 9.09. The van der Waals surface area contributed by atoms with Gasteiger partial charge >= 0.3 is 11.9 Å². The molecule has 1 aromatic carbocycles. The van der Waals surface area contributed by atoms with Crippen LogP contribution in [0, 0.1) is 6.92 Å². The molecular weight excluding hydrogens is 384 g/mol. The molecule has 0 aliphatic carbocycles. The van der Waals surface area contributed by atoms with Crippen molar-refractivity contribution in [3.8, 4) is 0 Å². The first-order valence-electron chi connectivity index (χ1n) is 8.66. The molecule has 3 atom stereocenters. The molecule has 1 aliphatic rings. The van der Waals surface area contributed by atoms with Gasteiger partial charge in [-0.15, -0.1) is 0 Å². The number of aryl methyl sites for hydroxylation is 1. The number of carbonyl (C=O) groups is 3. The lowest BCUT2D eigenvalue weighted by molar-refractivity contribution is -0.146. The molecule has 8 heteroatoms. The van der Waals surface area contributed by atoms with Crippen molar-refractivity contribution < 1.29 is 23.9 Å². The van der Waals surface area contributed by atoms with E-state index in [2.05, 4.69) is 10.3 Å². The number of hydrogen-bond acceptors (Lipinski definition) is 7. The van der Waals surface area contributed by atoms with Crippen molar-refractivity contribution in [2.75, 3.05) is 5.32 Å². The Bertz CT molecular complexity index is 927. The summed E-state index contributed by atoms with van der Waals surface area (Å²) in [5.74, 6) is -1.43. The molecule has 3 unspecified atom stereocenters. The van der Waals surface area contributed by atoms with Gasteiger partial charge in [-0.05, 0) is 37.6 Å². The van der Waals surface area contributed by atoms with Crippen LogP contribution in [0.25, 0.3) is 0 Å². The highest BCUT2D eigenvalue weighted by Crippen LogP contribution is 2.39. The SMILES string of the molecule is CC(=O)OC1c2ccc(C(=O)OC(C)Cl)cc2NC1C(=O)c1ccc(C)cn1. The zero-order valence-electron chi connectivity index (χ0n) is 15.6. The minimum absolute atomic E-state index is 0.253. The topological polar surface area (TPSA) is 94.6 Å². The fourth-order valence-corrected chi connectivity index (χ4v) is 3.06. The predicted octanol–water partition coefficient (Wildman–Crippen LogP) is 3.41. The summed E-state index contributed by atoms with van der Waals surface area (Å²) in [5, 5.41) is 3.04. The van der Waals surface area contributed by atoms with Crippen LogP contribution in [0.1, 0.15) is 51.9 Å². The monoisotopic (exact) mass is 402 g/mol. The Morgan fingerprint density at radius 2 is 1.96 bits per heavy atom. The normalized spacial score (nSPS) is 18.6. The number of alkyl halides is 1. The van der Waals surface area contributed by atoms with Crippen LogP contribution in [-0.4, -0.2) is 34.3 Å². The summed E-state index contributed by atoms with van der Waals surface area (Å²) in [6.07, 6.45) is 0.762. The minimum atomic E-state index is -0.854. The van der Waals surface area contributed by atoms with Gasteiger partial charge in [0.05, 0.1) is 5.56 Å². The summed E-state index contributed by atoms with van der Waals surface area (Å²) in [7, 11) is 0. The van der Waals surface area contributed by atoms with Crippen molar-refractivity contribution in [3.05, 3.63) is 58.9 Å². The first kappa shape index (κ1) is 19.8. The first-order chi connectivity index (χ1) is 13.3. The highest BCUT2D eigenvalue weighted by Gasteiger charge is 2.40. The Kier molecular flexibility index (Phi) is 5.65. The van der Waals surface area contributed by atoms with E-state index in [0.717, 1.165) is 5.56 Å². The quantitative estimate of drug-likeness (QED) is 0.465. The molecule has 0 amide bonds. The Balaban J connectivity index is 1.92. The number of Topliss-reactive ketones (excluding diaryl/α,β-unsaturated/α-hetero) is 1. The van der Waals surface area contributed by atoms with E-state index in [1.165, 1.54) is 19.9 Å². The van der Waals surface area contributed by atoms with Crippen LogP contribution in [0.3, 0.4) is 0 Å². The van der Waals surface area contributed by atoms with Gasteiger partial charge in [0.1, 0.15) is 11.7 Å². The smallest absolute Gasteiger partial charge is 0.339 e. The largest absolute Gasteiger partial charge is 0.455 e. The third kappa shape index (κ3) is 4.14. The molecular formula is C20H19ClN2O5. The maximum Gasteiger partial charge on any atom is 0.339 e. The van der Waals surface area contributed by atoms with Gasteiger partial charge in [-0.1, -0.05) is 23.7 Å². The van der Waals surface area contributed by atoms with Crippen molar-refractivity contribution >= 4 is 35.0 Å². The number of fused-ring (bicyclic) bond motifs is 1. The van der Waals surface area contributed by atoms with Gasteiger partial charge in [0, 0.05) is 24.4 Å². The molecule has 3 rings (SSSR count). The van der Waals surface area contributed by atoms with Crippen molar-refractivity contribution in [1.82, 2.24) is 4.98 Å². The zero-order valence-corrected chi connectivity index (χ0v) is 16.3. The number of nitrogens with zero attached hydrogens (tertiary/aromatic N) is 1. The maximum absolute atomic E-state index is 13.0. The van der Waals surface area contributed by atoms with E-state index in [9.17, 15) is 14.4 Å². The van der Waals surface area contributed by atoms with Crippen LogP contribution in [0.2, 0.25) is 0 Å². The number of ether oxygens (including phenoxy) is 2. The molecule has 0 radical (unpaired) electrons. The molecule has 0 saturated heterocycles. The highest BCUT2D eigenvalue weighted by molar-refractivity contribution is 6.20. The molecule has 0 fully saturated rings. The molecule has 146 valence electrons.